The van der Waals surface area contributed by atoms with Gasteiger partial charge in [-0.15, -0.1) is 0 Å². The topological polar surface area (TPSA) is 88.8 Å². The molecule has 1 saturated heterocycles. The van der Waals surface area contributed by atoms with Gasteiger partial charge in [-0.2, -0.15) is 0 Å². The molecular weight excluding hydrogens is 382 g/mol. The van der Waals surface area contributed by atoms with Crippen molar-refractivity contribution in [1.29, 1.82) is 0 Å². The van der Waals surface area contributed by atoms with Crippen LogP contribution in [0.5, 0.6) is 0 Å². The van der Waals surface area contributed by atoms with Crippen LogP contribution < -0.4 is 5.32 Å². The van der Waals surface area contributed by atoms with E-state index in [9.17, 15) is 14.4 Å². The SMILES string of the molecule is CN(CC(=O)N1CCN(CC(=O)NC(C)(C)C)CC1)C(=O)c1cc2ccccc2[nH]1. The highest BCUT2D eigenvalue weighted by molar-refractivity contribution is 5.99. The molecule has 1 aromatic heterocycles. The molecule has 0 atom stereocenters. The highest BCUT2D eigenvalue weighted by Gasteiger charge is 2.25. The quantitative estimate of drug-likeness (QED) is 0.773. The summed E-state index contributed by atoms with van der Waals surface area (Å²) in [5.74, 6) is -0.302. The number of carbonyl (C=O) groups is 3. The maximum atomic E-state index is 12.7. The fourth-order valence-electron chi connectivity index (χ4n) is 3.59. The number of likely N-dealkylation sites (N-methyl/N-ethyl adjacent to an activating group) is 1. The summed E-state index contributed by atoms with van der Waals surface area (Å²) >= 11 is 0. The number of H-pyrrole nitrogens is 1. The zero-order valence-corrected chi connectivity index (χ0v) is 18.2. The Kier molecular flexibility index (Phi) is 6.45. The van der Waals surface area contributed by atoms with Crippen LogP contribution in [0.2, 0.25) is 0 Å². The molecule has 8 nitrogen and oxygen atoms in total. The number of fused-ring (bicyclic) bond motifs is 1. The van der Waals surface area contributed by atoms with E-state index >= 15 is 0 Å². The molecular formula is C22H31N5O3. The molecule has 0 unspecified atom stereocenters. The number of benzene rings is 1. The van der Waals surface area contributed by atoms with Crippen molar-refractivity contribution in [2.24, 2.45) is 0 Å². The van der Waals surface area contributed by atoms with Crippen molar-refractivity contribution < 1.29 is 14.4 Å². The number of piperazine rings is 1. The summed E-state index contributed by atoms with van der Waals surface area (Å²) in [6.07, 6.45) is 0. The molecule has 2 heterocycles. The van der Waals surface area contributed by atoms with Gasteiger partial charge in [-0.25, -0.2) is 0 Å². The van der Waals surface area contributed by atoms with E-state index in [0.29, 0.717) is 38.4 Å². The molecule has 0 saturated carbocycles. The summed E-state index contributed by atoms with van der Waals surface area (Å²) in [6.45, 7) is 8.61. The van der Waals surface area contributed by atoms with E-state index in [-0.39, 0.29) is 29.8 Å². The Bertz CT molecular complexity index is 889. The highest BCUT2D eigenvalue weighted by Crippen LogP contribution is 2.16. The van der Waals surface area contributed by atoms with Gasteiger partial charge in [0.05, 0.1) is 13.1 Å². The average molecular weight is 414 g/mol. The van der Waals surface area contributed by atoms with Crippen LogP contribution >= 0.6 is 0 Å². The van der Waals surface area contributed by atoms with Crippen LogP contribution in [-0.4, -0.2) is 89.3 Å². The predicted molar refractivity (Wildman–Crippen MR) is 116 cm³/mol. The van der Waals surface area contributed by atoms with Gasteiger partial charge in [0, 0.05) is 49.7 Å². The number of rotatable bonds is 5. The van der Waals surface area contributed by atoms with Crippen molar-refractivity contribution in [3.63, 3.8) is 0 Å². The van der Waals surface area contributed by atoms with Crippen molar-refractivity contribution in [3.05, 3.63) is 36.0 Å². The number of amides is 3. The fourth-order valence-corrected chi connectivity index (χ4v) is 3.59. The largest absolute Gasteiger partial charge is 0.351 e. The summed E-state index contributed by atoms with van der Waals surface area (Å²) < 4.78 is 0. The molecule has 162 valence electrons. The van der Waals surface area contributed by atoms with Gasteiger partial charge in [0.15, 0.2) is 0 Å². The Morgan fingerprint density at radius 1 is 1.10 bits per heavy atom. The third-order valence-electron chi connectivity index (χ3n) is 5.09. The number of nitrogens with one attached hydrogen (secondary N) is 2. The van der Waals surface area contributed by atoms with Gasteiger partial charge < -0.3 is 20.1 Å². The number of nitrogens with zero attached hydrogens (tertiary/aromatic N) is 3. The first-order chi connectivity index (χ1) is 14.1. The van der Waals surface area contributed by atoms with Gasteiger partial charge in [-0.05, 0) is 32.9 Å². The Labute approximate surface area is 177 Å². The molecule has 2 aromatic rings. The third kappa shape index (κ3) is 5.60. The van der Waals surface area contributed by atoms with Crippen molar-refractivity contribution in [2.45, 2.75) is 26.3 Å². The molecule has 3 amide bonds. The van der Waals surface area contributed by atoms with Crippen molar-refractivity contribution in [2.75, 3.05) is 46.3 Å². The number of hydrogen-bond acceptors (Lipinski definition) is 4. The van der Waals surface area contributed by atoms with Gasteiger partial charge in [-0.1, -0.05) is 18.2 Å². The number of aromatic nitrogens is 1. The minimum Gasteiger partial charge on any atom is -0.351 e. The van der Waals surface area contributed by atoms with E-state index in [2.05, 4.69) is 10.3 Å². The van der Waals surface area contributed by atoms with Crippen LogP contribution in [0.15, 0.2) is 30.3 Å². The molecule has 0 spiro atoms. The number of aromatic amines is 1. The van der Waals surface area contributed by atoms with Gasteiger partial charge in [0.25, 0.3) is 5.91 Å². The fraction of sp³-hybridized carbons (Fsp3) is 0.500. The molecule has 0 radical (unpaired) electrons. The molecule has 1 aliphatic rings. The summed E-state index contributed by atoms with van der Waals surface area (Å²) in [4.78, 5) is 45.8. The van der Waals surface area contributed by atoms with E-state index in [1.807, 2.05) is 49.9 Å². The molecule has 30 heavy (non-hydrogen) atoms. The van der Waals surface area contributed by atoms with Crippen LogP contribution in [-0.2, 0) is 9.59 Å². The summed E-state index contributed by atoms with van der Waals surface area (Å²) in [5, 5.41) is 3.92. The van der Waals surface area contributed by atoms with Gasteiger partial charge in [0.2, 0.25) is 11.8 Å². The van der Waals surface area contributed by atoms with E-state index in [4.69, 9.17) is 0 Å². The first-order valence-electron chi connectivity index (χ1n) is 10.3. The van der Waals surface area contributed by atoms with Crippen molar-refractivity contribution in [3.8, 4) is 0 Å². The highest BCUT2D eigenvalue weighted by atomic mass is 16.2. The molecule has 1 fully saturated rings. The maximum absolute atomic E-state index is 12.7. The lowest BCUT2D eigenvalue weighted by Gasteiger charge is -2.35. The number of hydrogen-bond donors (Lipinski definition) is 2. The van der Waals surface area contributed by atoms with E-state index in [1.165, 1.54) is 4.90 Å². The molecule has 1 aromatic carbocycles. The molecule has 0 aliphatic carbocycles. The van der Waals surface area contributed by atoms with Crippen molar-refractivity contribution >= 4 is 28.6 Å². The van der Waals surface area contributed by atoms with Gasteiger partial charge >= 0.3 is 0 Å². The number of para-hydroxylation sites is 1. The van der Waals surface area contributed by atoms with E-state index in [1.54, 1.807) is 18.0 Å². The lowest BCUT2D eigenvalue weighted by Crippen LogP contribution is -2.54. The molecule has 3 rings (SSSR count). The minimum absolute atomic E-state index is 0.00839. The van der Waals surface area contributed by atoms with Gasteiger partial charge in [-0.3, -0.25) is 19.3 Å². The lowest BCUT2D eigenvalue weighted by molar-refractivity contribution is -0.133. The van der Waals surface area contributed by atoms with Crippen molar-refractivity contribution in [1.82, 2.24) is 25.0 Å². The Hall–Kier alpha value is -2.87. The Balaban J connectivity index is 1.48. The first kappa shape index (κ1) is 21.8. The standard InChI is InChI=1S/C22H31N5O3/c1-22(2,3)24-19(28)14-26-9-11-27(12-10-26)20(29)15-25(4)21(30)18-13-16-7-5-6-8-17(16)23-18/h5-8,13,23H,9-12,14-15H2,1-4H3,(H,24,28). The van der Waals surface area contributed by atoms with Crippen LogP contribution in [0, 0.1) is 0 Å². The smallest absolute Gasteiger partial charge is 0.270 e. The van der Waals surface area contributed by atoms with Gasteiger partial charge in [0.1, 0.15) is 5.69 Å². The summed E-state index contributed by atoms with van der Waals surface area (Å²) in [7, 11) is 1.64. The number of carbonyl (C=O) groups excluding carboxylic acids is 3. The van der Waals surface area contributed by atoms with Crippen LogP contribution in [0.4, 0.5) is 0 Å². The van der Waals surface area contributed by atoms with Crippen LogP contribution in [0.3, 0.4) is 0 Å². The Morgan fingerprint density at radius 3 is 2.40 bits per heavy atom. The first-order valence-corrected chi connectivity index (χ1v) is 10.3. The summed E-state index contributed by atoms with van der Waals surface area (Å²) in [6, 6.07) is 9.49. The predicted octanol–water partition coefficient (Wildman–Crippen LogP) is 1.30. The second-order valence-electron chi connectivity index (χ2n) is 8.89. The zero-order chi connectivity index (χ0) is 21.9. The molecule has 1 aliphatic heterocycles. The maximum Gasteiger partial charge on any atom is 0.270 e. The molecule has 8 heteroatoms. The average Bonchev–Trinajstić information content (AvgIpc) is 3.10. The summed E-state index contributed by atoms with van der Waals surface area (Å²) in [5.41, 5.74) is 1.12. The molecule has 2 N–H and O–H groups in total. The monoisotopic (exact) mass is 413 g/mol. The second-order valence-corrected chi connectivity index (χ2v) is 8.89. The second kappa shape index (κ2) is 8.87. The molecule has 0 bridgehead atoms. The normalized spacial score (nSPS) is 15.3. The third-order valence-corrected chi connectivity index (χ3v) is 5.09. The Morgan fingerprint density at radius 2 is 1.77 bits per heavy atom. The van der Waals surface area contributed by atoms with Crippen LogP contribution in [0.25, 0.3) is 10.9 Å². The van der Waals surface area contributed by atoms with Crippen LogP contribution in [0.1, 0.15) is 31.3 Å². The van der Waals surface area contributed by atoms with E-state index < -0.39 is 0 Å². The lowest BCUT2D eigenvalue weighted by atomic mass is 10.1. The minimum atomic E-state index is -0.253. The van der Waals surface area contributed by atoms with E-state index in [0.717, 1.165) is 10.9 Å². The zero-order valence-electron chi connectivity index (χ0n) is 18.2.